The van der Waals surface area contributed by atoms with Gasteiger partial charge in [0.1, 0.15) is 0 Å². The van der Waals surface area contributed by atoms with Crippen LogP contribution in [0.15, 0.2) is 0 Å². The van der Waals surface area contributed by atoms with E-state index in [1.54, 1.807) is 0 Å². The molecule has 1 aromatic heterocycles. The van der Waals surface area contributed by atoms with E-state index in [0.717, 1.165) is 22.8 Å². The molecule has 0 bridgehead atoms. The SMILES string of the molecule is Cc1nc(CCl)c(CCl)nc1C. The highest BCUT2D eigenvalue weighted by atomic mass is 35.5. The third-order valence-electron chi connectivity index (χ3n) is 1.72. The maximum absolute atomic E-state index is 5.67. The monoisotopic (exact) mass is 204 g/mol. The normalized spacial score (nSPS) is 10.3. The minimum Gasteiger partial charge on any atom is -0.253 e. The van der Waals surface area contributed by atoms with Crippen LogP contribution in [0.25, 0.3) is 0 Å². The average molecular weight is 205 g/mol. The Hall–Kier alpha value is -0.340. The molecule has 12 heavy (non-hydrogen) atoms. The number of rotatable bonds is 2. The van der Waals surface area contributed by atoms with Crippen LogP contribution in [-0.4, -0.2) is 9.97 Å². The molecular formula is C8H10Cl2N2. The van der Waals surface area contributed by atoms with Crippen molar-refractivity contribution in [1.82, 2.24) is 9.97 Å². The largest absolute Gasteiger partial charge is 0.253 e. The number of hydrogen-bond donors (Lipinski definition) is 0. The van der Waals surface area contributed by atoms with Crippen LogP contribution in [0.2, 0.25) is 0 Å². The van der Waals surface area contributed by atoms with Gasteiger partial charge in [0.25, 0.3) is 0 Å². The second kappa shape index (κ2) is 4.06. The van der Waals surface area contributed by atoms with Gasteiger partial charge in [0, 0.05) is 0 Å². The second-order valence-electron chi connectivity index (χ2n) is 2.56. The van der Waals surface area contributed by atoms with Gasteiger partial charge in [-0.15, -0.1) is 23.2 Å². The molecule has 0 aromatic carbocycles. The third kappa shape index (κ3) is 1.87. The molecule has 0 amide bonds. The van der Waals surface area contributed by atoms with Crippen LogP contribution < -0.4 is 0 Å². The Labute approximate surface area is 81.9 Å². The highest BCUT2D eigenvalue weighted by molar-refractivity contribution is 6.18. The summed E-state index contributed by atoms with van der Waals surface area (Å²) in [4.78, 5) is 8.57. The van der Waals surface area contributed by atoms with Crippen molar-refractivity contribution < 1.29 is 0 Å². The van der Waals surface area contributed by atoms with E-state index in [1.165, 1.54) is 0 Å². The number of nitrogens with zero attached hydrogens (tertiary/aromatic N) is 2. The average Bonchev–Trinajstić information content (AvgIpc) is 2.09. The summed E-state index contributed by atoms with van der Waals surface area (Å²) in [6.07, 6.45) is 0. The molecule has 66 valence electrons. The lowest BCUT2D eigenvalue weighted by atomic mass is 10.3. The maximum Gasteiger partial charge on any atom is 0.0782 e. The Morgan fingerprint density at radius 1 is 0.917 bits per heavy atom. The molecule has 0 spiro atoms. The summed E-state index contributed by atoms with van der Waals surface area (Å²) in [5.74, 6) is 0.742. The van der Waals surface area contributed by atoms with Crippen molar-refractivity contribution in [2.24, 2.45) is 0 Å². The number of halogens is 2. The van der Waals surface area contributed by atoms with Gasteiger partial charge in [-0.3, -0.25) is 9.97 Å². The van der Waals surface area contributed by atoms with Gasteiger partial charge in [-0.2, -0.15) is 0 Å². The van der Waals surface area contributed by atoms with Gasteiger partial charge in [0.05, 0.1) is 34.5 Å². The Morgan fingerprint density at radius 2 is 1.25 bits per heavy atom. The number of alkyl halides is 2. The zero-order valence-corrected chi connectivity index (χ0v) is 8.58. The van der Waals surface area contributed by atoms with Crippen LogP contribution in [0.5, 0.6) is 0 Å². The molecule has 2 nitrogen and oxygen atoms in total. The number of hydrogen-bond acceptors (Lipinski definition) is 2. The zero-order chi connectivity index (χ0) is 9.14. The van der Waals surface area contributed by atoms with Crippen molar-refractivity contribution in [2.45, 2.75) is 25.6 Å². The van der Waals surface area contributed by atoms with Gasteiger partial charge < -0.3 is 0 Å². The van der Waals surface area contributed by atoms with Crippen LogP contribution in [0.3, 0.4) is 0 Å². The van der Waals surface area contributed by atoms with E-state index in [1.807, 2.05) is 13.8 Å². The van der Waals surface area contributed by atoms with Crippen LogP contribution in [0.4, 0.5) is 0 Å². The quantitative estimate of drug-likeness (QED) is 0.693. The molecule has 0 aliphatic carbocycles. The minimum absolute atomic E-state index is 0.371. The van der Waals surface area contributed by atoms with Crippen LogP contribution >= 0.6 is 23.2 Å². The molecule has 0 unspecified atom stereocenters. The summed E-state index contributed by atoms with van der Waals surface area (Å²) in [5.41, 5.74) is 3.41. The highest BCUT2D eigenvalue weighted by Gasteiger charge is 2.06. The summed E-state index contributed by atoms with van der Waals surface area (Å²) in [5, 5.41) is 0. The highest BCUT2D eigenvalue weighted by Crippen LogP contribution is 2.12. The van der Waals surface area contributed by atoms with E-state index >= 15 is 0 Å². The van der Waals surface area contributed by atoms with Crippen LogP contribution in [-0.2, 0) is 11.8 Å². The van der Waals surface area contributed by atoms with E-state index in [0.29, 0.717) is 11.8 Å². The first kappa shape index (κ1) is 9.75. The molecule has 0 fully saturated rings. The van der Waals surface area contributed by atoms with Crippen molar-refractivity contribution in [3.63, 3.8) is 0 Å². The van der Waals surface area contributed by atoms with E-state index in [-0.39, 0.29) is 0 Å². The summed E-state index contributed by atoms with van der Waals surface area (Å²) in [6, 6.07) is 0. The van der Waals surface area contributed by atoms with E-state index in [9.17, 15) is 0 Å². The minimum atomic E-state index is 0.371. The van der Waals surface area contributed by atoms with Gasteiger partial charge >= 0.3 is 0 Å². The van der Waals surface area contributed by atoms with Gasteiger partial charge in [-0.05, 0) is 13.8 Å². The predicted octanol–water partition coefficient (Wildman–Crippen LogP) is 2.57. The summed E-state index contributed by atoms with van der Waals surface area (Å²) in [7, 11) is 0. The van der Waals surface area contributed by atoms with Crippen molar-refractivity contribution in [3.8, 4) is 0 Å². The summed E-state index contributed by atoms with van der Waals surface area (Å²) in [6.45, 7) is 3.83. The van der Waals surface area contributed by atoms with Crippen LogP contribution in [0.1, 0.15) is 22.8 Å². The number of aromatic nitrogens is 2. The Morgan fingerprint density at radius 3 is 1.50 bits per heavy atom. The van der Waals surface area contributed by atoms with Crippen molar-refractivity contribution in [1.29, 1.82) is 0 Å². The Balaban J connectivity index is 3.19. The molecule has 1 rings (SSSR count). The lowest BCUT2D eigenvalue weighted by Crippen LogP contribution is -2.02. The summed E-state index contributed by atoms with van der Waals surface area (Å²) >= 11 is 11.3. The first-order valence-corrected chi connectivity index (χ1v) is 4.71. The molecule has 0 atom stereocenters. The lowest BCUT2D eigenvalue weighted by molar-refractivity contribution is 0.939. The van der Waals surface area contributed by atoms with E-state index in [4.69, 9.17) is 23.2 Å². The first-order chi connectivity index (χ1) is 5.69. The maximum atomic E-state index is 5.67. The lowest BCUT2D eigenvalue weighted by Gasteiger charge is -2.05. The fourth-order valence-corrected chi connectivity index (χ4v) is 1.34. The topological polar surface area (TPSA) is 25.8 Å². The second-order valence-corrected chi connectivity index (χ2v) is 3.09. The van der Waals surface area contributed by atoms with Gasteiger partial charge in [0.15, 0.2) is 0 Å². The van der Waals surface area contributed by atoms with E-state index in [2.05, 4.69) is 9.97 Å². The van der Waals surface area contributed by atoms with Crippen molar-refractivity contribution in [2.75, 3.05) is 0 Å². The number of aryl methyl sites for hydroxylation is 2. The van der Waals surface area contributed by atoms with Crippen LogP contribution in [0, 0.1) is 13.8 Å². The Bertz CT molecular complexity index is 258. The molecule has 0 saturated heterocycles. The summed E-state index contributed by atoms with van der Waals surface area (Å²) < 4.78 is 0. The van der Waals surface area contributed by atoms with Crippen molar-refractivity contribution >= 4 is 23.2 Å². The fraction of sp³-hybridized carbons (Fsp3) is 0.500. The van der Waals surface area contributed by atoms with Crippen molar-refractivity contribution in [3.05, 3.63) is 22.8 Å². The molecular weight excluding hydrogens is 195 g/mol. The Kier molecular flexibility index (Phi) is 3.29. The smallest absolute Gasteiger partial charge is 0.0782 e. The zero-order valence-electron chi connectivity index (χ0n) is 7.06. The molecule has 0 aliphatic heterocycles. The first-order valence-electron chi connectivity index (χ1n) is 3.64. The standard InChI is InChI=1S/C8H10Cl2N2/c1-5-6(2)12-8(4-10)7(3-9)11-5/h3-4H2,1-2H3. The molecule has 4 heteroatoms. The molecule has 0 radical (unpaired) electrons. The molecule has 0 aliphatic rings. The molecule has 0 N–H and O–H groups in total. The predicted molar refractivity (Wildman–Crippen MR) is 50.6 cm³/mol. The molecule has 1 heterocycles. The molecule has 1 aromatic rings. The van der Waals surface area contributed by atoms with Gasteiger partial charge in [0.2, 0.25) is 0 Å². The van der Waals surface area contributed by atoms with Gasteiger partial charge in [-0.1, -0.05) is 0 Å². The van der Waals surface area contributed by atoms with E-state index < -0.39 is 0 Å². The third-order valence-corrected chi connectivity index (χ3v) is 2.22. The fourth-order valence-electron chi connectivity index (χ4n) is 0.910. The van der Waals surface area contributed by atoms with Gasteiger partial charge in [-0.25, -0.2) is 0 Å². The molecule has 0 saturated carbocycles.